The second-order valence-electron chi connectivity index (χ2n) is 5.54. The molecule has 0 spiro atoms. The van der Waals surface area contributed by atoms with Crippen molar-refractivity contribution in [1.82, 2.24) is 10.2 Å². The lowest BCUT2D eigenvalue weighted by molar-refractivity contribution is -0.387. The highest BCUT2D eigenvalue weighted by atomic mass is 19.1. The van der Waals surface area contributed by atoms with Gasteiger partial charge in [-0.25, -0.2) is 0 Å². The molecule has 6 heteroatoms. The summed E-state index contributed by atoms with van der Waals surface area (Å²) in [6.45, 7) is 3.75. The zero-order chi connectivity index (χ0) is 14.1. The third-order valence-corrected chi connectivity index (χ3v) is 4.12. The predicted octanol–water partition coefficient (Wildman–Crippen LogP) is 2.09. The molecule has 0 bridgehead atoms. The van der Waals surface area contributed by atoms with Gasteiger partial charge in [-0.2, -0.15) is 4.39 Å². The van der Waals surface area contributed by atoms with Crippen molar-refractivity contribution in [3.8, 4) is 0 Å². The maximum Gasteiger partial charge on any atom is 0.305 e. The summed E-state index contributed by atoms with van der Waals surface area (Å²) in [4.78, 5) is 12.6. The maximum atomic E-state index is 13.5. The number of nitrogens with zero attached hydrogens (tertiary/aromatic N) is 2. The van der Waals surface area contributed by atoms with Crippen molar-refractivity contribution in [3.63, 3.8) is 0 Å². The molecule has 1 aliphatic carbocycles. The van der Waals surface area contributed by atoms with Crippen LogP contribution in [0.4, 0.5) is 10.1 Å². The molecule has 1 heterocycles. The molecule has 5 nitrogen and oxygen atoms in total. The average molecular weight is 279 g/mol. The summed E-state index contributed by atoms with van der Waals surface area (Å²) in [5, 5.41) is 14.2. The second kappa shape index (κ2) is 5.46. The molecule has 1 N–H and O–H groups in total. The Bertz CT molecular complexity index is 513. The minimum atomic E-state index is -0.756. The van der Waals surface area contributed by atoms with Gasteiger partial charge in [0.1, 0.15) is 0 Å². The Morgan fingerprint density at radius 2 is 2.05 bits per heavy atom. The highest BCUT2D eigenvalue weighted by Crippen LogP contribution is 2.45. The number of hydrogen-bond acceptors (Lipinski definition) is 4. The fourth-order valence-electron chi connectivity index (χ4n) is 3.01. The lowest BCUT2D eigenvalue weighted by Gasteiger charge is -2.35. The Balaban J connectivity index is 1.91. The van der Waals surface area contributed by atoms with Crippen LogP contribution in [0.5, 0.6) is 0 Å². The Kier molecular flexibility index (Phi) is 3.67. The van der Waals surface area contributed by atoms with E-state index >= 15 is 0 Å². The van der Waals surface area contributed by atoms with Crippen LogP contribution in [0, 0.1) is 21.8 Å². The molecule has 2 fully saturated rings. The first kappa shape index (κ1) is 13.5. The van der Waals surface area contributed by atoms with Crippen LogP contribution in [-0.2, 0) is 0 Å². The average Bonchev–Trinajstić information content (AvgIpc) is 3.26. The summed E-state index contributed by atoms with van der Waals surface area (Å²) in [6, 6.07) is 4.54. The first-order valence-electron chi connectivity index (χ1n) is 7.05. The van der Waals surface area contributed by atoms with Gasteiger partial charge in [0.25, 0.3) is 0 Å². The summed E-state index contributed by atoms with van der Waals surface area (Å²) in [7, 11) is 0. The molecule has 0 aromatic heterocycles. The molecule has 1 aliphatic heterocycles. The molecule has 0 amide bonds. The summed E-state index contributed by atoms with van der Waals surface area (Å²) >= 11 is 0. The number of nitrogens with one attached hydrogen (secondary N) is 1. The standard InChI is InChI=1S/C14H18FN3O2/c15-12-4-3-11(9-13(12)18(19)20)14(10-1-2-10)17-7-5-16-6-8-17/h3-4,9-10,14,16H,1-2,5-8H2/t14-/m0/s1. The lowest BCUT2D eigenvalue weighted by Crippen LogP contribution is -2.45. The molecular weight excluding hydrogens is 261 g/mol. The normalized spacial score (nSPS) is 21.6. The van der Waals surface area contributed by atoms with Crippen LogP contribution in [0.3, 0.4) is 0 Å². The van der Waals surface area contributed by atoms with E-state index in [0.717, 1.165) is 44.6 Å². The van der Waals surface area contributed by atoms with E-state index in [1.165, 1.54) is 12.1 Å². The Morgan fingerprint density at radius 3 is 2.65 bits per heavy atom. The molecule has 0 radical (unpaired) electrons. The zero-order valence-electron chi connectivity index (χ0n) is 11.2. The van der Waals surface area contributed by atoms with Crippen molar-refractivity contribution < 1.29 is 9.31 Å². The van der Waals surface area contributed by atoms with Gasteiger partial charge in [0.05, 0.1) is 4.92 Å². The van der Waals surface area contributed by atoms with Gasteiger partial charge in [0.15, 0.2) is 0 Å². The van der Waals surface area contributed by atoms with Crippen LogP contribution >= 0.6 is 0 Å². The number of benzene rings is 1. The summed E-state index contributed by atoms with van der Waals surface area (Å²) in [6.07, 6.45) is 2.31. The van der Waals surface area contributed by atoms with E-state index in [1.54, 1.807) is 6.07 Å². The Hall–Kier alpha value is -1.53. The molecule has 20 heavy (non-hydrogen) atoms. The van der Waals surface area contributed by atoms with Gasteiger partial charge in [-0.05, 0) is 30.4 Å². The summed E-state index contributed by atoms with van der Waals surface area (Å²) in [5.74, 6) is -0.202. The van der Waals surface area contributed by atoms with Crippen molar-refractivity contribution in [2.45, 2.75) is 18.9 Å². The highest BCUT2D eigenvalue weighted by Gasteiger charge is 2.37. The predicted molar refractivity (Wildman–Crippen MR) is 73.0 cm³/mol. The first-order valence-corrected chi connectivity index (χ1v) is 7.05. The van der Waals surface area contributed by atoms with Crippen molar-refractivity contribution in [2.75, 3.05) is 26.2 Å². The monoisotopic (exact) mass is 279 g/mol. The molecule has 2 aliphatic rings. The molecule has 1 aromatic carbocycles. The smallest absolute Gasteiger partial charge is 0.305 e. The SMILES string of the molecule is O=[N+]([O-])c1cc([C@H](C2CC2)N2CCNCC2)ccc1F. The van der Waals surface area contributed by atoms with Crippen LogP contribution < -0.4 is 5.32 Å². The van der Waals surface area contributed by atoms with Gasteiger partial charge in [-0.3, -0.25) is 15.0 Å². The highest BCUT2D eigenvalue weighted by molar-refractivity contribution is 5.38. The minimum absolute atomic E-state index is 0.191. The summed E-state index contributed by atoms with van der Waals surface area (Å²) in [5.41, 5.74) is 0.464. The third kappa shape index (κ3) is 2.66. The second-order valence-corrected chi connectivity index (χ2v) is 5.54. The topological polar surface area (TPSA) is 58.4 Å². The van der Waals surface area contributed by atoms with E-state index < -0.39 is 16.4 Å². The van der Waals surface area contributed by atoms with Crippen LogP contribution in [0.1, 0.15) is 24.4 Å². The number of piperazine rings is 1. The van der Waals surface area contributed by atoms with Crippen molar-refractivity contribution in [3.05, 3.63) is 39.7 Å². The van der Waals surface area contributed by atoms with Gasteiger partial charge < -0.3 is 5.32 Å². The van der Waals surface area contributed by atoms with E-state index in [4.69, 9.17) is 0 Å². The van der Waals surface area contributed by atoms with Gasteiger partial charge in [-0.1, -0.05) is 6.07 Å². The van der Waals surface area contributed by atoms with Crippen molar-refractivity contribution >= 4 is 5.69 Å². The maximum absolute atomic E-state index is 13.5. The number of hydrogen-bond donors (Lipinski definition) is 1. The zero-order valence-corrected chi connectivity index (χ0v) is 11.2. The minimum Gasteiger partial charge on any atom is -0.314 e. The quantitative estimate of drug-likeness (QED) is 0.677. The molecular formula is C14H18FN3O2. The third-order valence-electron chi connectivity index (χ3n) is 4.12. The Morgan fingerprint density at radius 1 is 1.35 bits per heavy atom. The molecule has 3 rings (SSSR count). The molecule has 108 valence electrons. The van der Waals surface area contributed by atoms with E-state index in [1.807, 2.05) is 0 Å². The van der Waals surface area contributed by atoms with Gasteiger partial charge >= 0.3 is 5.69 Å². The van der Waals surface area contributed by atoms with Crippen LogP contribution in [0.25, 0.3) is 0 Å². The molecule has 1 atom stereocenters. The number of halogens is 1. The number of rotatable bonds is 4. The van der Waals surface area contributed by atoms with E-state index in [0.29, 0.717) is 5.92 Å². The number of nitro groups is 1. The molecule has 0 unspecified atom stereocenters. The van der Waals surface area contributed by atoms with Gasteiger partial charge in [-0.15, -0.1) is 0 Å². The molecule has 1 saturated carbocycles. The van der Waals surface area contributed by atoms with Crippen LogP contribution in [0.15, 0.2) is 18.2 Å². The fourth-order valence-corrected chi connectivity index (χ4v) is 3.01. The lowest BCUT2D eigenvalue weighted by atomic mass is 9.99. The van der Waals surface area contributed by atoms with Gasteiger partial charge in [0.2, 0.25) is 5.82 Å². The number of nitro benzene ring substituents is 1. The fraction of sp³-hybridized carbons (Fsp3) is 0.571. The molecule has 1 aromatic rings. The van der Waals surface area contributed by atoms with Crippen molar-refractivity contribution in [1.29, 1.82) is 0 Å². The Labute approximate surface area is 116 Å². The van der Waals surface area contributed by atoms with Gasteiger partial charge in [0, 0.05) is 38.3 Å². The largest absolute Gasteiger partial charge is 0.314 e. The van der Waals surface area contributed by atoms with Crippen LogP contribution in [0.2, 0.25) is 0 Å². The first-order chi connectivity index (χ1) is 9.66. The van der Waals surface area contributed by atoms with Crippen molar-refractivity contribution in [2.24, 2.45) is 5.92 Å². The van der Waals surface area contributed by atoms with E-state index in [2.05, 4.69) is 10.2 Å². The summed E-state index contributed by atoms with van der Waals surface area (Å²) < 4.78 is 13.5. The van der Waals surface area contributed by atoms with E-state index in [-0.39, 0.29) is 6.04 Å². The van der Waals surface area contributed by atoms with E-state index in [9.17, 15) is 14.5 Å². The molecule has 1 saturated heterocycles. The van der Waals surface area contributed by atoms with Crippen LogP contribution in [-0.4, -0.2) is 36.0 Å².